The van der Waals surface area contributed by atoms with Gasteiger partial charge in [0, 0.05) is 5.33 Å². The summed E-state index contributed by atoms with van der Waals surface area (Å²) in [4.78, 5) is 11.7. The van der Waals surface area contributed by atoms with Crippen LogP contribution in [0.3, 0.4) is 0 Å². The Morgan fingerprint density at radius 2 is 1.95 bits per heavy atom. The van der Waals surface area contributed by atoms with Crippen LogP contribution in [0.5, 0.6) is 5.75 Å². The molecule has 0 aromatic heterocycles. The number of benzene rings is 1. The monoisotopic (exact) mass is 423 g/mol. The highest BCUT2D eigenvalue weighted by atomic mass is 79.9. The van der Waals surface area contributed by atoms with Crippen LogP contribution in [0.2, 0.25) is 0 Å². The molecule has 0 spiro atoms. The summed E-state index contributed by atoms with van der Waals surface area (Å²) in [5.74, 6) is 1.13. The molecular formula is C14H19Br2NO2S. The van der Waals surface area contributed by atoms with Gasteiger partial charge in [-0.3, -0.25) is 0 Å². The zero-order valence-corrected chi connectivity index (χ0v) is 15.5. The predicted octanol–water partition coefficient (Wildman–Crippen LogP) is 4.39. The van der Waals surface area contributed by atoms with E-state index in [1.165, 1.54) is 5.56 Å². The van der Waals surface area contributed by atoms with E-state index in [2.05, 4.69) is 63.7 Å². The average Bonchev–Trinajstić information content (AvgIpc) is 2.39. The van der Waals surface area contributed by atoms with Crippen molar-refractivity contribution in [3.8, 4) is 5.75 Å². The van der Waals surface area contributed by atoms with E-state index in [-0.39, 0.29) is 10.2 Å². The van der Waals surface area contributed by atoms with Gasteiger partial charge < -0.3 is 10.1 Å². The zero-order valence-electron chi connectivity index (χ0n) is 11.5. The van der Waals surface area contributed by atoms with Crippen molar-refractivity contribution in [1.82, 2.24) is 5.32 Å². The standard InChI is InChI=1S/C14H19Br2NO2S/c1-9(2)7-10-3-5-11(6-4-10)19-14(18)17-13(20)12(16)8-15/h3-6,9,12-13,20H,7-8H2,1-2H3,(H,17,18). The first-order valence-corrected chi connectivity index (χ1v) is 8.93. The molecule has 0 heterocycles. The van der Waals surface area contributed by atoms with Crippen LogP contribution in [0.4, 0.5) is 4.79 Å². The third kappa shape index (κ3) is 6.50. The van der Waals surface area contributed by atoms with Gasteiger partial charge >= 0.3 is 6.09 Å². The third-order valence-electron chi connectivity index (χ3n) is 2.53. The number of hydrogen-bond donors (Lipinski definition) is 2. The van der Waals surface area contributed by atoms with E-state index in [1.807, 2.05) is 12.1 Å². The van der Waals surface area contributed by atoms with Crippen molar-refractivity contribution >= 4 is 50.6 Å². The van der Waals surface area contributed by atoms with Gasteiger partial charge in [-0.1, -0.05) is 57.8 Å². The molecule has 6 heteroatoms. The number of amides is 1. The summed E-state index contributed by atoms with van der Waals surface area (Å²) in [6, 6.07) is 7.57. The van der Waals surface area contributed by atoms with Gasteiger partial charge in [-0.05, 0) is 30.0 Å². The maximum absolute atomic E-state index is 11.7. The van der Waals surface area contributed by atoms with Crippen LogP contribution in [-0.2, 0) is 6.42 Å². The van der Waals surface area contributed by atoms with Crippen molar-refractivity contribution in [2.24, 2.45) is 5.92 Å². The second kappa shape index (κ2) is 8.95. The lowest BCUT2D eigenvalue weighted by Gasteiger charge is -2.16. The molecule has 1 aromatic carbocycles. The molecule has 2 unspecified atom stereocenters. The molecule has 2 atom stereocenters. The topological polar surface area (TPSA) is 38.3 Å². The Kier molecular flexibility index (Phi) is 7.99. The predicted molar refractivity (Wildman–Crippen MR) is 93.4 cm³/mol. The van der Waals surface area contributed by atoms with Crippen molar-refractivity contribution in [2.45, 2.75) is 30.5 Å². The molecule has 0 aliphatic carbocycles. The first kappa shape index (κ1) is 17.9. The summed E-state index contributed by atoms with van der Waals surface area (Å²) in [7, 11) is 0. The van der Waals surface area contributed by atoms with Gasteiger partial charge in [-0.25, -0.2) is 4.79 Å². The second-order valence-corrected chi connectivity index (χ2v) is 7.27. The highest BCUT2D eigenvalue weighted by Gasteiger charge is 2.17. The molecule has 0 bridgehead atoms. The van der Waals surface area contributed by atoms with Crippen LogP contribution in [0.1, 0.15) is 19.4 Å². The molecule has 0 saturated carbocycles. The van der Waals surface area contributed by atoms with Crippen LogP contribution < -0.4 is 10.1 Å². The largest absolute Gasteiger partial charge is 0.413 e. The molecule has 0 saturated heterocycles. The third-order valence-corrected chi connectivity index (χ3v) is 5.85. The number of nitrogens with one attached hydrogen (secondary N) is 1. The lowest BCUT2D eigenvalue weighted by Crippen LogP contribution is -2.39. The Hall–Kier alpha value is -0.200. The Balaban J connectivity index is 2.50. The van der Waals surface area contributed by atoms with Crippen molar-refractivity contribution in [2.75, 3.05) is 5.33 Å². The summed E-state index contributed by atoms with van der Waals surface area (Å²) in [5.41, 5.74) is 1.24. The molecule has 1 N–H and O–H groups in total. The van der Waals surface area contributed by atoms with Crippen LogP contribution >= 0.6 is 44.5 Å². The van der Waals surface area contributed by atoms with Gasteiger partial charge in [0.1, 0.15) is 5.75 Å². The normalized spacial score (nSPS) is 13.9. The van der Waals surface area contributed by atoms with Crippen molar-refractivity contribution < 1.29 is 9.53 Å². The summed E-state index contributed by atoms with van der Waals surface area (Å²) < 4.78 is 5.20. The minimum Gasteiger partial charge on any atom is -0.410 e. The fourth-order valence-corrected chi connectivity index (χ4v) is 2.60. The lowest BCUT2D eigenvalue weighted by molar-refractivity contribution is 0.199. The minimum atomic E-state index is -0.507. The smallest absolute Gasteiger partial charge is 0.410 e. The number of carbonyl (C=O) groups is 1. The van der Waals surface area contributed by atoms with Crippen LogP contribution in [0.25, 0.3) is 0 Å². The van der Waals surface area contributed by atoms with Crippen molar-refractivity contribution in [3.05, 3.63) is 29.8 Å². The maximum atomic E-state index is 11.7. The average molecular weight is 425 g/mol. The molecule has 3 nitrogen and oxygen atoms in total. The van der Waals surface area contributed by atoms with E-state index in [9.17, 15) is 4.79 Å². The number of hydrogen-bond acceptors (Lipinski definition) is 3. The summed E-state index contributed by atoms with van der Waals surface area (Å²) in [6.45, 7) is 4.34. The molecule has 112 valence electrons. The SMILES string of the molecule is CC(C)Cc1ccc(OC(=O)NC(S)C(Br)CBr)cc1. The molecule has 0 radical (unpaired) electrons. The first-order valence-electron chi connectivity index (χ1n) is 6.37. The van der Waals surface area contributed by atoms with E-state index in [0.717, 1.165) is 6.42 Å². The van der Waals surface area contributed by atoms with Gasteiger partial charge in [-0.15, -0.1) is 0 Å². The number of ether oxygens (including phenoxy) is 1. The number of halogens is 2. The minimum absolute atomic E-state index is 0.0341. The van der Waals surface area contributed by atoms with Gasteiger partial charge in [0.05, 0.1) is 10.2 Å². The first-order chi connectivity index (χ1) is 9.42. The lowest BCUT2D eigenvalue weighted by atomic mass is 10.0. The molecule has 1 aromatic rings. The molecule has 1 rings (SSSR count). The number of thiol groups is 1. The maximum Gasteiger partial charge on any atom is 0.413 e. The Morgan fingerprint density at radius 3 is 2.45 bits per heavy atom. The van der Waals surface area contributed by atoms with Gasteiger partial charge in [0.25, 0.3) is 0 Å². The molecule has 0 aliphatic rings. The van der Waals surface area contributed by atoms with E-state index >= 15 is 0 Å². The zero-order chi connectivity index (χ0) is 15.1. The highest BCUT2D eigenvalue weighted by Crippen LogP contribution is 2.16. The summed E-state index contributed by atoms with van der Waals surface area (Å²) >= 11 is 11.0. The molecule has 0 aliphatic heterocycles. The fourth-order valence-electron chi connectivity index (χ4n) is 1.60. The number of carbonyl (C=O) groups excluding carboxylic acids is 1. The summed E-state index contributed by atoms with van der Waals surface area (Å²) in [5, 5.41) is 3.02. The van der Waals surface area contributed by atoms with E-state index in [1.54, 1.807) is 12.1 Å². The van der Waals surface area contributed by atoms with E-state index in [0.29, 0.717) is 17.0 Å². The quantitative estimate of drug-likeness (QED) is 0.403. The summed E-state index contributed by atoms with van der Waals surface area (Å²) in [6.07, 6.45) is 0.508. The number of rotatable bonds is 6. The molecule has 1 amide bonds. The van der Waals surface area contributed by atoms with Crippen LogP contribution in [-0.4, -0.2) is 21.6 Å². The van der Waals surface area contributed by atoms with Gasteiger partial charge in [0.2, 0.25) is 0 Å². The van der Waals surface area contributed by atoms with Crippen molar-refractivity contribution in [3.63, 3.8) is 0 Å². The van der Waals surface area contributed by atoms with Gasteiger partial charge in [-0.2, -0.15) is 12.6 Å². The Morgan fingerprint density at radius 1 is 1.35 bits per heavy atom. The van der Waals surface area contributed by atoms with Crippen molar-refractivity contribution in [1.29, 1.82) is 0 Å². The fraction of sp³-hybridized carbons (Fsp3) is 0.500. The Bertz CT molecular complexity index is 426. The second-order valence-electron chi connectivity index (χ2n) is 4.89. The van der Waals surface area contributed by atoms with Crippen LogP contribution in [0.15, 0.2) is 24.3 Å². The Labute approximate surface area is 142 Å². The molecule has 20 heavy (non-hydrogen) atoms. The molecular weight excluding hydrogens is 406 g/mol. The van der Waals surface area contributed by atoms with E-state index in [4.69, 9.17) is 4.74 Å². The van der Waals surface area contributed by atoms with Gasteiger partial charge in [0.15, 0.2) is 0 Å². The highest BCUT2D eigenvalue weighted by molar-refractivity contribution is 9.12. The molecule has 0 fully saturated rings. The van der Waals surface area contributed by atoms with Crippen LogP contribution in [0, 0.1) is 5.92 Å². The van der Waals surface area contributed by atoms with E-state index < -0.39 is 6.09 Å². The number of alkyl halides is 2.